The van der Waals surface area contributed by atoms with Gasteiger partial charge in [-0.15, -0.1) is 0 Å². The maximum absolute atomic E-state index is 12.6. The number of carbonyl (C=O) groups is 1. The van der Waals surface area contributed by atoms with Gasteiger partial charge in [-0.25, -0.2) is 0 Å². The van der Waals surface area contributed by atoms with Gasteiger partial charge in [0.15, 0.2) is 0 Å². The minimum Gasteiger partial charge on any atom is -0.496 e. The predicted octanol–water partition coefficient (Wildman–Crippen LogP) is 2.20. The number of nitrogens with two attached hydrogens (primary N) is 1. The summed E-state index contributed by atoms with van der Waals surface area (Å²) in [5.74, 6) is 1.08. The number of benzene rings is 1. The Morgan fingerprint density at radius 1 is 1.45 bits per heavy atom. The molecule has 0 unspecified atom stereocenters. The number of methoxy groups -OCH3 is 1. The fourth-order valence-corrected chi connectivity index (χ4v) is 2.88. The van der Waals surface area contributed by atoms with Gasteiger partial charge in [0.05, 0.1) is 12.7 Å². The molecule has 2 N–H and O–H groups in total. The lowest BCUT2D eigenvalue weighted by Gasteiger charge is -2.18. The molecule has 4 heteroatoms. The molecule has 1 aliphatic heterocycles. The summed E-state index contributed by atoms with van der Waals surface area (Å²) < 4.78 is 5.33. The van der Waals surface area contributed by atoms with Crippen LogP contribution in [0, 0.1) is 12.8 Å². The number of nitrogens with zero attached hydrogens (tertiary/aromatic N) is 1. The molecule has 1 fully saturated rings. The summed E-state index contributed by atoms with van der Waals surface area (Å²) >= 11 is 0. The van der Waals surface area contributed by atoms with Crippen molar-refractivity contribution in [1.82, 2.24) is 4.90 Å². The van der Waals surface area contributed by atoms with E-state index in [9.17, 15) is 4.79 Å². The van der Waals surface area contributed by atoms with Crippen molar-refractivity contribution in [3.8, 4) is 5.75 Å². The van der Waals surface area contributed by atoms with Crippen molar-refractivity contribution in [2.75, 3.05) is 20.2 Å². The van der Waals surface area contributed by atoms with E-state index in [1.807, 2.05) is 30.0 Å². The normalized spacial score (nSPS) is 22.1. The van der Waals surface area contributed by atoms with Crippen LogP contribution < -0.4 is 10.5 Å². The number of amides is 1. The fraction of sp³-hybridized carbons (Fsp3) is 0.562. The van der Waals surface area contributed by atoms with Crippen LogP contribution in [0.4, 0.5) is 0 Å². The molecule has 0 radical (unpaired) electrons. The van der Waals surface area contributed by atoms with E-state index in [0.717, 1.165) is 24.9 Å². The molecule has 0 aliphatic carbocycles. The second-order valence-corrected chi connectivity index (χ2v) is 5.63. The molecular weight excluding hydrogens is 252 g/mol. The molecule has 1 heterocycles. The third-order valence-corrected chi connectivity index (χ3v) is 4.03. The summed E-state index contributed by atoms with van der Waals surface area (Å²) in [5, 5.41) is 0. The van der Waals surface area contributed by atoms with Crippen LogP contribution in [-0.4, -0.2) is 37.0 Å². The van der Waals surface area contributed by atoms with Gasteiger partial charge in [-0.3, -0.25) is 4.79 Å². The van der Waals surface area contributed by atoms with Gasteiger partial charge in [0.25, 0.3) is 5.91 Å². The first-order valence-electron chi connectivity index (χ1n) is 7.26. The maximum atomic E-state index is 12.6. The fourth-order valence-electron chi connectivity index (χ4n) is 2.88. The van der Waals surface area contributed by atoms with Crippen LogP contribution >= 0.6 is 0 Å². The molecule has 1 amide bonds. The first-order chi connectivity index (χ1) is 9.56. The number of ether oxygens (including phenoxy) is 1. The van der Waals surface area contributed by atoms with Crippen molar-refractivity contribution >= 4 is 5.91 Å². The molecule has 0 saturated carbocycles. The van der Waals surface area contributed by atoms with Crippen molar-refractivity contribution in [1.29, 1.82) is 0 Å². The first kappa shape index (κ1) is 14.9. The van der Waals surface area contributed by atoms with Gasteiger partial charge in [-0.1, -0.05) is 19.4 Å². The van der Waals surface area contributed by atoms with Crippen LogP contribution in [0.3, 0.4) is 0 Å². The van der Waals surface area contributed by atoms with Gasteiger partial charge in [0, 0.05) is 19.1 Å². The largest absolute Gasteiger partial charge is 0.496 e. The molecule has 4 nitrogen and oxygen atoms in total. The van der Waals surface area contributed by atoms with Gasteiger partial charge in [0.1, 0.15) is 5.75 Å². The Labute approximate surface area is 120 Å². The highest BCUT2D eigenvalue weighted by Gasteiger charge is 2.33. The Balaban J connectivity index is 2.16. The topological polar surface area (TPSA) is 55.6 Å². The molecular formula is C16H24N2O2. The second-order valence-electron chi connectivity index (χ2n) is 5.63. The quantitative estimate of drug-likeness (QED) is 0.917. The van der Waals surface area contributed by atoms with Crippen molar-refractivity contribution < 1.29 is 9.53 Å². The Kier molecular flexibility index (Phi) is 4.65. The van der Waals surface area contributed by atoms with E-state index in [0.29, 0.717) is 23.8 Å². The number of carbonyl (C=O) groups excluding carboxylic acids is 1. The average Bonchev–Trinajstić information content (AvgIpc) is 2.80. The highest BCUT2D eigenvalue weighted by Crippen LogP contribution is 2.26. The molecule has 1 saturated heterocycles. The van der Waals surface area contributed by atoms with Gasteiger partial charge < -0.3 is 15.4 Å². The summed E-state index contributed by atoms with van der Waals surface area (Å²) in [5.41, 5.74) is 7.85. The minimum absolute atomic E-state index is 0.0240. The minimum atomic E-state index is 0.0240. The summed E-state index contributed by atoms with van der Waals surface area (Å²) in [6.07, 6.45) is 2.18. The molecule has 0 spiro atoms. The van der Waals surface area contributed by atoms with Crippen LogP contribution in [-0.2, 0) is 0 Å². The van der Waals surface area contributed by atoms with Crippen molar-refractivity contribution in [2.24, 2.45) is 11.7 Å². The SMILES string of the molecule is CCC[C@H]1CN(C(=O)c2ccc(C)cc2OC)C[C@@H]1N. The first-order valence-corrected chi connectivity index (χ1v) is 7.26. The lowest BCUT2D eigenvalue weighted by molar-refractivity contribution is 0.0782. The Morgan fingerprint density at radius 3 is 2.85 bits per heavy atom. The smallest absolute Gasteiger partial charge is 0.257 e. The number of rotatable bonds is 4. The molecule has 110 valence electrons. The summed E-state index contributed by atoms with van der Waals surface area (Å²) in [4.78, 5) is 14.5. The third-order valence-electron chi connectivity index (χ3n) is 4.03. The van der Waals surface area contributed by atoms with Crippen LogP contribution in [0.1, 0.15) is 35.7 Å². The van der Waals surface area contributed by atoms with E-state index < -0.39 is 0 Å². The van der Waals surface area contributed by atoms with Crippen molar-refractivity contribution in [2.45, 2.75) is 32.7 Å². The molecule has 1 aliphatic rings. The van der Waals surface area contributed by atoms with Crippen LogP contribution in [0.25, 0.3) is 0 Å². The number of aryl methyl sites for hydroxylation is 1. The molecule has 2 atom stereocenters. The number of hydrogen-bond donors (Lipinski definition) is 1. The Bertz CT molecular complexity index is 487. The van der Waals surface area contributed by atoms with Crippen LogP contribution in [0.5, 0.6) is 5.75 Å². The Hall–Kier alpha value is -1.55. The van der Waals surface area contributed by atoms with Crippen LogP contribution in [0.2, 0.25) is 0 Å². The molecule has 1 aromatic carbocycles. The summed E-state index contributed by atoms with van der Waals surface area (Å²) in [6, 6.07) is 5.77. The van der Waals surface area contributed by atoms with Crippen molar-refractivity contribution in [3.05, 3.63) is 29.3 Å². The highest BCUT2D eigenvalue weighted by atomic mass is 16.5. The zero-order valence-corrected chi connectivity index (χ0v) is 12.6. The molecule has 0 aromatic heterocycles. The van der Waals surface area contributed by atoms with Gasteiger partial charge in [-0.05, 0) is 37.0 Å². The van der Waals surface area contributed by atoms with Crippen LogP contribution in [0.15, 0.2) is 18.2 Å². The van der Waals surface area contributed by atoms with E-state index in [1.54, 1.807) is 7.11 Å². The van der Waals surface area contributed by atoms with Gasteiger partial charge >= 0.3 is 0 Å². The van der Waals surface area contributed by atoms with Gasteiger partial charge in [0.2, 0.25) is 0 Å². The predicted molar refractivity (Wildman–Crippen MR) is 80.0 cm³/mol. The number of likely N-dealkylation sites (tertiary alicyclic amines) is 1. The van der Waals surface area contributed by atoms with E-state index in [2.05, 4.69) is 6.92 Å². The van der Waals surface area contributed by atoms with E-state index in [4.69, 9.17) is 10.5 Å². The van der Waals surface area contributed by atoms with Crippen molar-refractivity contribution in [3.63, 3.8) is 0 Å². The van der Waals surface area contributed by atoms with E-state index in [1.165, 1.54) is 0 Å². The Morgan fingerprint density at radius 2 is 2.20 bits per heavy atom. The number of hydrogen-bond acceptors (Lipinski definition) is 3. The molecule has 20 heavy (non-hydrogen) atoms. The maximum Gasteiger partial charge on any atom is 0.257 e. The summed E-state index contributed by atoms with van der Waals surface area (Å²) in [7, 11) is 1.60. The van der Waals surface area contributed by atoms with Gasteiger partial charge in [-0.2, -0.15) is 0 Å². The molecule has 1 aromatic rings. The zero-order chi connectivity index (χ0) is 14.7. The second kappa shape index (κ2) is 6.27. The monoisotopic (exact) mass is 276 g/mol. The highest BCUT2D eigenvalue weighted by molar-refractivity contribution is 5.97. The average molecular weight is 276 g/mol. The lowest BCUT2D eigenvalue weighted by Crippen LogP contribution is -2.32. The zero-order valence-electron chi connectivity index (χ0n) is 12.6. The standard InChI is InChI=1S/C16H24N2O2/c1-4-5-12-9-18(10-14(12)17)16(19)13-7-6-11(2)8-15(13)20-3/h6-8,12,14H,4-5,9-10,17H2,1-3H3/t12-,14-/m0/s1. The third kappa shape index (κ3) is 2.96. The van der Waals surface area contributed by atoms with E-state index in [-0.39, 0.29) is 11.9 Å². The lowest BCUT2D eigenvalue weighted by atomic mass is 9.99. The van der Waals surface area contributed by atoms with E-state index >= 15 is 0 Å². The molecule has 0 bridgehead atoms. The molecule has 2 rings (SSSR count). The summed E-state index contributed by atoms with van der Waals surface area (Å²) in [6.45, 7) is 5.53.